The predicted molar refractivity (Wildman–Crippen MR) is 132 cm³/mol. The summed E-state index contributed by atoms with van der Waals surface area (Å²) >= 11 is 0. The highest BCUT2D eigenvalue weighted by atomic mass is 16.5. The van der Waals surface area contributed by atoms with Crippen molar-refractivity contribution in [3.8, 4) is 5.75 Å². The van der Waals surface area contributed by atoms with Crippen LogP contribution in [-0.4, -0.2) is 51.1 Å². The Labute approximate surface area is 191 Å². The molecular formula is C27H33N3O2. The molecule has 1 fully saturated rings. The minimum atomic E-state index is 0.0428. The normalized spacial score (nSPS) is 15.6. The van der Waals surface area contributed by atoms with E-state index in [1.54, 1.807) is 26.1 Å². The fraction of sp³-hybridized carbons (Fsp3) is 0.370. The number of piperidine rings is 1. The Kier molecular flexibility index (Phi) is 6.66. The van der Waals surface area contributed by atoms with Gasteiger partial charge in [-0.3, -0.25) is 4.79 Å². The summed E-state index contributed by atoms with van der Waals surface area (Å²) in [6.07, 6.45) is 2.21. The number of carbonyl (C=O) groups excluding carboxylic acids is 1. The second-order valence-corrected chi connectivity index (χ2v) is 8.87. The molecule has 32 heavy (non-hydrogen) atoms. The van der Waals surface area contributed by atoms with Crippen LogP contribution in [0.2, 0.25) is 0 Å². The monoisotopic (exact) mass is 431 g/mol. The van der Waals surface area contributed by atoms with Gasteiger partial charge in [0.1, 0.15) is 5.75 Å². The number of fused-ring (bicyclic) bond motifs is 1. The first-order valence-electron chi connectivity index (χ1n) is 11.3. The summed E-state index contributed by atoms with van der Waals surface area (Å²) in [6, 6.07) is 21.7. The van der Waals surface area contributed by atoms with Crippen molar-refractivity contribution in [2.75, 3.05) is 39.2 Å². The van der Waals surface area contributed by atoms with Gasteiger partial charge in [-0.15, -0.1) is 0 Å². The third-order valence-corrected chi connectivity index (χ3v) is 6.44. The summed E-state index contributed by atoms with van der Waals surface area (Å²) in [5.74, 6) is 0.934. The van der Waals surface area contributed by atoms with Gasteiger partial charge in [0.15, 0.2) is 0 Å². The standard InChI is InChI=1S/C27H33N3O2/c1-19(21-5-6-23-18-26(32-4)12-9-22(23)17-21)28-24-13-15-30(16-14-24)25-10-7-20(8-11-25)27(31)29(2)3/h5-12,17-19,24,28H,13-16H2,1-4H3. The number of amides is 1. The van der Waals surface area contributed by atoms with Gasteiger partial charge in [-0.2, -0.15) is 0 Å². The first-order valence-corrected chi connectivity index (χ1v) is 11.3. The van der Waals surface area contributed by atoms with Crippen LogP contribution in [0, 0.1) is 0 Å². The molecule has 1 aliphatic rings. The van der Waals surface area contributed by atoms with Gasteiger partial charge in [-0.1, -0.05) is 18.2 Å². The maximum atomic E-state index is 12.1. The summed E-state index contributed by atoms with van der Waals surface area (Å²) in [7, 11) is 5.27. The van der Waals surface area contributed by atoms with Crippen molar-refractivity contribution >= 4 is 22.4 Å². The number of carbonyl (C=O) groups is 1. The number of nitrogens with zero attached hydrogens (tertiary/aromatic N) is 2. The van der Waals surface area contributed by atoms with Crippen LogP contribution in [-0.2, 0) is 0 Å². The fourth-order valence-electron chi connectivity index (χ4n) is 4.47. The molecule has 168 valence electrons. The molecule has 1 aliphatic heterocycles. The Hall–Kier alpha value is -3.05. The molecule has 4 rings (SSSR count). The molecule has 3 aromatic rings. The van der Waals surface area contributed by atoms with E-state index < -0.39 is 0 Å². The van der Waals surface area contributed by atoms with Gasteiger partial charge in [0.25, 0.3) is 5.91 Å². The van der Waals surface area contributed by atoms with Crippen molar-refractivity contribution < 1.29 is 9.53 Å². The number of ether oxygens (including phenoxy) is 1. The highest BCUT2D eigenvalue weighted by Gasteiger charge is 2.21. The Morgan fingerprint density at radius 3 is 2.31 bits per heavy atom. The molecule has 0 spiro atoms. The lowest BCUT2D eigenvalue weighted by molar-refractivity contribution is 0.0827. The number of hydrogen-bond donors (Lipinski definition) is 1. The minimum Gasteiger partial charge on any atom is -0.497 e. The van der Waals surface area contributed by atoms with E-state index in [1.165, 1.54) is 22.0 Å². The van der Waals surface area contributed by atoms with Crippen molar-refractivity contribution in [3.63, 3.8) is 0 Å². The van der Waals surface area contributed by atoms with Crippen LogP contribution >= 0.6 is 0 Å². The van der Waals surface area contributed by atoms with Gasteiger partial charge < -0.3 is 19.9 Å². The van der Waals surface area contributed by atoms with Crippen molar-refractivity contribution in [1.82, 2.24) is 10.2 Å². The minimum absolute atomic E-state index is 0.0428. The zero-order chi connectivity index (χ0) is 22.7. The highest BCUT2D eigenvalue weighted by Crippen LogP contribution is 2.26. The van der Waals surface area contributed by atoms with E-state index in [0.717, 1.165) is 37.2 Å². The number of anilines is 1. The molecule has 0 radical (unpaired) electrons. The van der Waals surface area contributed by atoms with Crippen molar-refractivity contribution in [2.24, 2.45) is 0 Å². The van der Waals surface area contributed by atoms with Crippen LogP contribution in [0.4, 0.5) is 5.69 Å². The van der Waals surface area contributed by atoms with E-state index in [1.807, 2.05) is 18.2 Å². The third-order valence-electron chi connectivity index (χ3n) is 6.44. The second kappa shape index (κ2) is 9.61. The van der Waals surface area contributed by atoms with E-state index >= 15 is 0 Å². The average molecular weight is 432 g/mol. The molecule has 5 nitrogen and oxygen atoms in total. The SMILES string of the molecule is COc1ccc2cc(C(C)NC3CCN(c4ccc(C(=O)N(C)C)cc4)CC3)ccc2c1. The molecule has 1 N–H and O–H groups in total. The first-order chi connectivity index (χ1) is 15.4. The first kappa shape index (κ1) is 22.2. The number of hydrogen-bond acceptors (Lipinski definition) is 4. The van der Waals surface area contributed by atoms with Crippen molar-refractivity contribution in [3.05, 3.63) is 71.8 Å². The summed E-state index contributed by atoms with van der Waals surface area (Å²) < 4.78 is 5.33. The molecule has 0 bridgehead atoms. The Morgan fingerprint density at radius 1 is 1.00 bits per heavy atom. The highest BCUT2D eigenvalue weighted by molar-refractivity contribution is 5.94. The van der Waals surface area contributed by atoms with E-state index in [9.17, 15) is 4.79 Å². The number of nitrogens with one attached hydrogen (secondary N) is 1. The maximum absolute atomic E-state index is 12.1. The summed E-state index contributed by atoms with van der Waals surface area (Å²) in [4.78, 5) is 16.1. The molecule has 0 saturated carbocycles. The van der Waals surface area contributed by atoms with Gasteiger partial charge in [0, 0.05) is 50.5 Å². The maximum Gasteiger partial charge on any atom is 0.253 e. The molecule has 1 unspecified atom stereocenters. The van der Waals surface area contributed by atoms with Crippen molar-refractivity contribution in [2.45, 2.75) is 31.8 Å². The van der Waals surface area contributed by atoms with E-state index in [0.29, 0.717) is 12.1 Å². The van der Waals surface area contributed by atoms with Crippen molar-refractivity contribution in [1.29, 1.82) is 0 Å². The Bertz CT molecular complexity index is 1070. The van der Waals surface area contributed by atoms with E-state index in [2.05, 4.69) is 59.6 Å². The molecule has 0 aromatic heterocycles. The van der Waals surface area contributed by atoms with Crippen LogP contribution in [0.3, 0.4) is 0 Å². The van der Waals surface area contributed by atoms with Crippen LogP contribution in [0.1, 0.15) is 41.7 Å². The number of methoxy groups -OCH3 is 1. The summed E-state index contributed by atoms with van der Waals surface area (Å²) in [6.45, 7) is 4.28. The lowest BCUT2D eigenvalue weighted by atomic mass is 9.99. The summed E-state index contributed by atoms with van der Waals surface area (Å²) in [5.41, 5.74) is 3.24. The quantitative estimate of drug-likeness (QED) is 0.605. The van der Waals surface area contributed by atoms with Gasteiger partial charge in [0.2, 0.25) is 0 Å². The van der Waals surface area contributed by atoms with Gasteiger partial charge in [0.05, 0.1) is 7.11 Å². The molecule has 1 amide bonds. The number of rotatable bonds is 6. The molecule has 1 atom stereocenters. The molecule has 0 aliphatic carbocycles. The number of benzene rings is 3. The molecule has 1 saturated heterocycles. The average Bonchev–Trinajstić information content (AvgIpc) is 2.83. The lowest BCUT2D eigenvalue weighted by Crippen LogP contribution is -2.43. The molecular weight excluding hydrogens is 398 g/mol. The van der Waals surface area contributed by atoms with Crippen LogP contribution in [0.15, 0.2) is 60.7 Å². The molecule has 1 heterocycles. The predicted octanol–water partition coefficient (Wildman–Crippen LogP) is 4.87. The van der Waals surface area contributed by atoms with E-state index in [4.69, 9.17) is 4.74 Å². The lowest BCUT2D eigenvalue weighted by Gasteiger charge is -2.35. The molecule has 5 heteroatoms. The van der Waals surface area contributed by atoms with Crippen LogP contribution in [0.5, 0.6) is 5.75 Å². The third kappa shape index (κ3) is 4.89. The largest absolute Gasteiger partial charge is 0.497 e. The Morgan fingerprint density at radius 2 is 1.66 bits per heavy atom. The fourth-order valence-corrected chi connectivity index (χ4v) is 4.47. The van der Waals surface area contributed by atoms with E-state index in [-0.39, 0.29) is 5.91 Å². The van der Waals surface area contributed by atoms with Crippen LogP contribution < -0.4 is 15.0 Å². The Balaban J connectivity index is 1.33. The zero-order valence-electron chi connectivity index (χ0n) is 19.5. The van der Waals surface area contributed by atoms with Gasteiger partial charge in [-0.05, 0) is 78.6 Å². The topological polar surface area (TPSA) is 44.8 Å². The smallest absolute Gasteiger partial charge is 0.253 e. The second-order valence-electron chi connectivity index (χ2n) is 8.87. The van der Waals surface area contributed by atoms with Gasteiger partial charge in [-0.25, -0.2) is 0 Å². The van der Waals surface area contributed by atoms with Gasteiger partial charge >= 0.3 is 0 Å². The van der Waals surface area contributed by atoms with Crippen LogP contribution in [0.25, 0.3) is 10.8 Å². The zero-order valence-corrected chi connectivity index (χ0v) is 19.5. The summed E-state index contributed by atoms with van der Waals surface area (Å²) in [5, 5.41) is 6.27. The molecule has 3 aromatic carbocycles.